The molecule has 0 rings (SSSR count). The molecule has 5 heteroatoms. The van der Waals surface area contributed by atoms with Gasteiger partial charge in [0.2, 0.25) is 0 Å². The van der Waals surface area contributed by atoms with Crippen molar-refractivity contribution >= 4 is 5.97 Å². The summed E-state index contributed by atoms with van der Waals surface area (Å²) in [6.07, 6.45) is 1.77. The molecule has 1 atom stereocenters. The van der Waals surface area contributed by atoms with Gasteiger partial charge >= 0.3 is 5.97 Å². The molecule has 0 aliphatic heterocycles. The Morgan fingerprint density at radius 2 is 1.75 bits per heavy atom. The Bertz CT molecular complexity index is 201. The Hall–Kier alpha value is -0.650. The normalized spacial score (nSPS) is 13.8. The molecule has 0 aromatic heterocycles. The lowest BCUT2D eigenvalue weighted by atomic mass is 9.74. The Morgan fingerprint density at radius 1 is 1.19 bits per heavy atom. The maximum absolute atomic E-state index is 10.3. The molecule has 0 aromatic rings. The second-order valence-electron chi connectivity index (χ2n) is 4.36. The van der Waals surface area contributed by atoms with Crippen molar-refractivity contribution in [3.63, 3.8) is 0 Å². The van der Waals surface area contributed by atoms with Gasteiger partial charge in [-0.05, 0) is 18.8 Å². The lowest BCUT2D eigenvalue weighted by molar-refractivity contribution is -0.137. The maximum atomic E-state index is 10.3. The summed E-state index contributed by atoms with van der Waals surface area (Å²) in [6.45, 7) is 1.28. The van der Waals surface area contributed by atoms with Gasteiger partial charge in [-0.2, -0.15) is 0 Å². The highest BCUT2D eigenvalue weighted by atomic mass is 16.4. The topological polar surface area (TPSA) is 98.0 Å². The number of aliphatic hydroxyl groups excluding tert-OH is 3. The van der Waals surface area contributed by atoms with Crippen molar-refractivity contribution in [3.8, 4) is 0 Å². The van der Waals surface area contributed by atoms with Crippen LogP contribution in [0.5, 0.6) is 0 Å². The number of carbonyl (C=O) groups is 1. The third-order valence-corrected chi connectivity index (χ3v) is 3.26. The smallest absolute Gasteiger partial charge is 0.303 e. The van der Waals surface area contributed by atoms with Gasteiger partial charge in [0.1, 0.15) is 0 Å². The van der Waals surface area contributed by atoms with Crippen LogP contribution in [0.3, 0.4) is 0 Å². The molecular formula is C11H22O5. The number of rotatable bonds is 9. The molecule has 0 radical (unpaired) electrons. The van der Waals surface area contributed by atoms with E-state index in [2.05, 4.69) is 0 Å². The number of hydrogen-bond acceptors (Lipinski definition) is 4. The highest BCUT2D eigenvalue weighted by Gasteiger charge is 2.34. The predicted octanol–water partition coefficient (Wildman–Crippen LogP) is 0.231. The van der Waals surface area contributed by atoms with Crippen LogP contribution in [-0.2, 0) is 4.79 Å². The number of carboxylic acid groups (broad SMARTS) is 1. The van der Waals surface area contributed by atoms with Gasteiger partial charge in [-0.25, -0.2) is 0 Å². The van der Waals surface area contributed by atoms with Crippen LogP contribution in [0, 0.1) is 11.3 Å². The molecule has 0 amide bonds. The SMILES string of the molecule is CC(CO)C(CO)(CO)CCCCC(=O)O. The van der Waals surface area contributed by atoms with Gasteiger partial charge in [0.25, 0.3) is 0 Å². The van der Waals surface area contributed by atoms with Crippen molar-refractivity contribution in [1.82, 2.24) is 0 Å². The van der Waals surface area contributed by atoms with Gasteiger partial charge < -0.3 is 20.4 Å². The Labute approximate surface area is 95.7 Å². The number of aliphatic carboxylic acids is 1. The molecular weight excluding hydrogens is 212 g/mol. The van der Waals surface area contributed by atoms with Crippen LogP contribution in [0.4, 0.5) is 0 Å². The molecule has 0 aliphatic carbocycles. The molecule has 96 valence electrons. The highest BCUT2D eigenvalue weighted by molar-refractivity contribution is 5.66. The third kappa shape index (κ3) is 4.47. The van der Waals surface area contributed by atoms with Crippen LogP contribution in [0.1, 0.15) is 32.6 Å². The van der Waals surface area contributed by atoms with E-state index in [0.29, 0.717) is 19.3 Å². The fourth-order valence-electron chi connectivity index (χ4n) is 1.71. The largest absolute Gasteiger partial charge is 0.481 e. The summed E-state index contributed by atoms with van der Waals surface area (Å²) in [5.74, 6) is -1.04. The molecule has 16 heavy (non-hydrogen) atoms. The summed E-state index contributed by atoms with van der Waals surface area (Å²) in [6, 6.07) is 0. The fraction of sp³-hybridized carbons (Fsp3) is 0.909. The van der Waals surface area contributed by atoms with Gasteiger partial charge in [-0.3, -0.25) is 4.79 Å². The van der Waals surface area contributed by atoms with E-state index in [9.17, 15) is 15.0 Å². The quantitative estimate of drug-likeness (QED) is 0.428. The first-order valence-corrected chi connectivity index (χ1v) is 5.56. The van der Waals surface area contributed by atoms with E-state index in [1.165, 1.54) is 0 Å². The van der Waals surface area contributed by atoms with E-state index in [1.54, 1.807) is 6.92 Å². The summed E-state index contributed by atoms with van der Waals surface area (Å²) in [7, 11) is 0. The van der Waals surface area contributed by atoms with E-state index in [0.717, 1.165) is 0 Å². The van der Waals surface area contributed by atoms with E-state index in [1.807, 2.05) is 0 Å². The van der Waals surface area contributed by atoms with E-state index in [4.69, 9.17) is 10.2 Å². The first-order chi connectivity index (χ1) is 7.52. The summed E-state index contributed by atoms with van der Waals surface area (Å²) < 4.78 is 0. The monoisotopic (exact) mass is 234 g/mol. The zero-order valence-electron chi connectivity index (χ0n) is 9.72. The second-order valence-corrected chi connectivity index (χ2v) is 4.36. The minimum atomic E-state index is -0.839. The molecule has 5 nitrogen and oxygen atoms in total. The van der Waals surface area contributed by atoms with Crippen molar-refractivity contribution in [1.29, 1.82) is 0 Å². The maximum Gasteiger partial charge on any atom is 0.303 e. The van der Waals surface area contributed by atoms with Gasteiger partial charge in [-0.1, -0.05) is 13.3 Å². The number of carboxylic acids is 1. The molecule has 0 spiro atoms. The molecule has 0 heterocycles. The molecule has 0 saturated heterocycles. The Morgan fingerprint density at radius 3 is 2.12 bits per heavy atom. The van der Waals surface area contributed by atoms with E-state index in [-0.39, 0.29) is 32.2 Å². The molecule has 0 aromatic carbocycles. The predicted molar refractivity (Wildman–Crippen MR) is 59.0 cm³/mol. The van der Waals surface area contributed by atoms with Crippen LogP contribution in [0.15, 0.2) is 0 Å². The average molecular weight is 234 g/mol. The van der Waals surface area contributed by atoms with Crippen LogP contribution in [-0.4, -0.2) is 46.2 Å². The number of aliphatic hydroxyl groups is 3. The molecule has 0 aliphatic rings. The van der Waals surface area contributed by atoms with Gasteiger partial charge in [0.15, 0.2) is 0 Å². The van der Waals surface area contributed by atoms with Crippen LogP contribution in [0.2, 0.25) is 0 Å². The molecule has 0 fully saturated rings. The van der Waals surface area contributed by atoms with E-state index >= 15 is 0 Å². The van der Waals surface area contributed by atoms with Gasteiger partial charge in [0, 0.05) is 18.4 Å². The highest BCUT2D eigenvalue weighted by Crippen LogP contribution is 2.32. The van der Waals surface area contributed by atoms with Crippen molar-refractivity contribution in [2.24, 2.45) is 11.3 Å². The molecule has 0 saturated carbocycles. The average Bonchev–Trinajstić information content (AvgIpc) is 2.29. The number of hydrogen-bond donors (Lipinski definition) is 4. The zero-order chi connectivity index (χ0) is 12.6. The Balaban J connectivity index is 4.17. The van der Waals surface area contributed by atoms with Gasteiger partial charge in [0.05, 0.1) is 13.2 Å². The lowest BCUT2D eigenvalue weighted by Gasteiger charge is -2.35. The summed E-state index contributed by atoms with van der Waals surface area (Å²) in [4.78, 5) is 10.3. The lowest BCUT2D eigenvalue weighted by Crippen LogP contribution is -2.38. The molecule has 0 bridgehead atoms. The summed E-state index contributed by atoms with van der Waals surface area (Å²) in [5, 5.41) is 36.1. The second kappa shape index (κ2) is 7.60. The van der Waals surface area contributed by atoms with Crippen molar-refractivity contribution in [3.05, 3.63) is 0 Å². The molecule has 1 unspecified atom stereocenters. The minimum absolute atomic E-state index is 0.0972. The fourth-order valence-corrected chi connectivity index (χ4v) is 1.71. The van der Waals surface area contributed by atoms with E-state index < -0.39 is 11.4 Å². The summed E-state index contributed by atoms with van der Waals surface area (Å²) >= 11 is 0. The van der Waals surface area contributed by atoms with Crippen molar-refractivity contribution < 1.29 is 25.2 Å². The van der Waals surface area contributed by atoms with Crippen LogP contribution in [0.25, 0.3) is 0 Å². The van der Waals surface area contributed by atoms with Crippen molar-refractivity contribution in [2.45, 2.75) is 32.6 Å². The minimum Gasteiger partial charge on any atom is -0.481 e. The first kappa shape index (κ1) is 15.3. The molecule has 4 N–H and O–H groups in total. The number of unbranched alkanes of at least 4 members (excludes halogenated alkanes) is 1. The Kier molecular flexibility index (Phi) is 7.29. The van der Waals surface area contributed by atoms with Crippen LogP contribution >= 0.6 is 0 Å². The summed E-state index contributed by atoms with van der Waals surface area (Å²) in [5.41, 5.74) is -0.701. The zero-order valence-corrected chi connectivity index (χ0v) is 9.72. The van der Waals surface area contributed by atoms with Gasteiger partial charge in [-0.15, -0.1) is 0 Å². The van der Waals surface area contributed by atoms with Crippen molar-refractivity contribution in [2.75, 3.05) is 19.8 Å². The first-order valence-electron chi connectivity index (χ1n) is 5.56. The van der Waals surface area contributed by atoms with Crippen LogP contribution < -0.4 is 0 Å². The standard InChI is InChI=1S/C11H22O5/c1-9(6-12)11(7-13,8-14)5-3-2-4-10(15)16/h9,12-14H,2-8H2,1H3,(H,15,16). The third-order valence-electron chi connectivity index (χ3n) is 3.26.